The Balaban J connectivity index is 0.000000801. The van der Waals surface area contributed by atoms with Crippen molar-refractivity contribution in [2.45, 2.75) is 92.4 Å². The Morgan fingerprint density at radius 1 is 0.833 bits per heavy atom. The van der Waals surface area contributed by atoms with Crippen LogP contribution in [0.25, 0.3) is 0 Å². The van der Waals surface area contributed by atoms with Crippen molar-refractivity contribution in [1.82, 2.24) is 15.1 Å². The molecule has 2 aliphatic rings. The van der Waals surface area contributed by atoms with Crippen LogP contribution in [0, 0.1) is 0 Å². The quantitative estimate of drug-likeness (QED) is 0.644. The van der Waals surface area contributed by atoms with Gasteiger partial charge in [-0.3, -0.25) is 9.59 Å². The van der Waals surface area contributed by atoms with E-state index in [4.69, 9.17) is 9.47 Å². The van der Waals surface area contributed by atoms with Crippen molar-refractivity contribution in [3.8, 4) is 0 Å². The van der Waals surface area contributed by atoms with E-state index in [0.29, 0.717) is 19.6 Å². The normalized spacial score (nSPS) is 19.6. The van der Waals surface area contributed by atoms with Crippen LogP contribution in [0.5, 0.6) is 0 Å². The van der Waals surface area contributed by atoms with Gasteiger partial charge in [0.15, 0.2) is 0 Å². The zero-order valence-corrected chi connectivity index (χ0v) is 19.2. The van der Waals surface area contributed by atoms with Gasteiger partial charge in [0.05, 0.1) is 6.04 Å². The zero-order valence-electron chi connectivity index (χ0n) is 19.2. The monoisotopic (exact) mass is 429 g/mol. The Labute approximate surface area is 182 Å². The number of carbonyl (C=O) groups excluding carboxylic acids is 3. The highest BCUT2D eigenvalue weighted by Gasteiger charge is 2.30. The molecule has 2 aliphatic heterocycles. The van der Waals surface area contributed by atoms with Crippen molar-refractivity contribution >= 4 is 18.0 Å². The molecular weight excluding hydrogens is 386 g/mol. The highest BCUT2D eigenvalue weighted by atomic mass is 16.6. The Morgan fingerprint density at radius 2 is 1.37 bits per heavy atom. The summed E-state index contributed by atoms with van der Waals surface area (Å²) < 4.78 is 10.2. The molecule has 0 bridgehead atoms. The molecule has 0 aromatic heterocycles. The van der Waals surface area contributed by atoms with Gasteiger partial charge in [-0.2, -0.15) is 0 Å². The molecule has 1 unspecified atom stereocenters. The van der Waals surface area contributed by atoms with E-state index in [1.165, 1.54) is 6.92 Å². The van der Waals surface area contributed by atoms with E-state index in [-0.39, 0.29) is 37.0 Å². The second kappa shape index (κ2) is 12.1. The molecule has 8 heteroatoms. The van der Waals surface area contributed by atoms with E-state index in [2.05, 4.69) is 5.32 Å². The Kier molecular flexibility index (Phi) is 11.4. The number of rotatable bonds is 1. The third-order valence-electron chi connectivity index (χ3n) is 4.27. The lowest BCUT2D eigenvalue weighted by atomic mass is 10.2. The number of nitrogens with zero attached hydrogens (tertiary/aromatic N) is 2. The summed E-state index contributed by atoms with van der Waals surface area (Å²) in [6.07, 6.45) is 2.51. The van der Waals surface area contributed by atoms with E-state index in [9.17, 15) is 14.4 Å². The number of hydrogen-bond donors (Lipinski definition) is 1. The fourth-order valence-corrected chi connectivity index (χ4v) is 3.19. The first-order chi connectivity index (χ1) is 13.3. The van der Waals surface area contributed by atoms with Gasteiger partial charge < -0.3 is 24.6 Å². The molecule has 0 radical (unpaired) electrons. The Morgan fingerprint density at radius 3 is 1.80 bits per heavy atom. The van der Waals surface area contributed by atoms with Crippen LogP contribution in [0.3, 0.4) is 0 Å². The Bertz CT molecular complexity index is 560. The van der Waals surface area contributed by atoms with Crippen molar-refractivity contribution in [3.05, 3.63) is 0 Å². The molecule has 0 saturated carbocycles. The number of hydrogen-bond acceptors (Lipinski definition) is 6. The van der Waals surface area contributed by atoms with Crippen molar-refractivity contribution in [3.63, 3.8) is 0 Å². The van der Waals surface area contributed by atoms with E-state index in [0.717, 1.165) is 32.4 Å². The van der Waals surface area contributed by atoms with Gasteiger partial charge in [0.25, 0.3) is 0 Å². The second-order valence-corrected chi connectivity index (χ2v) is 9.50. The number of nitrogens with one attached hydrogen (secondary N) is 1. The van der Waals surface area contributed by atoms with Crippen molar-refractivity contribution in [1.29, 1.82) is 0 Å². The van der Waals surface area contributed by atoms with Crippen molar-refractivity contribution < 1.29 is 23.9 Å². The molecule has 176 valence electrons. The van der Waals surface area contributed by atoms with Gasteiger partial charge in [-0.1, -0.05) is 7.43 Å². The largest absolute Gasteiger partial charge is 0.460 e. The summed E-state index contributed by atoms with van der Waals surface area (Å²) >= 11 is 0. The predicted molar refractivity (Wildman–Crippen MR) is 118 cm³/mol. The van der Waals surface area contributed by atoms with Gasteiger partial charge in [0, 0.05) is 33.1 Å². The summed E-state index contributed by atoms with van der Waals surface area (Å²) in [6, 6.07) is -0.0296. The zero-order chi connectivity index (χ0) is 22.2. The fourth-order valence-electron chi connectivity index (χ4n) is 3.19. The second-order valence-electron chi connectivity index (χ2n) is 9.50. The highest BCUT2D eigenvalue weighted by Crippen LogP contribution is 2.14. The third kappa shape index (κ3) is 11.4. The van der Waals surface area contributed by atoms with Crippen molar-refractivity contribution in [2.75, 3.05) is 32.7 Å². The minimum atomic E-state index is -0.480. The van der Waals surface area contributed by atoms with Crippen molar-refractivity contribution in [2.24, 2.45) is 0 Å². The van der Waals surface area contributed by atoms with E-state index >= 15 is 0 Å². The van der Waals surface area contributed by atoms with Crippen LogP contribution >= 0.6 is 0 Å². The summed E-state index contributed by atoms with van der Waals surface area (Å²) in [5.41, 5.74) is -0.807. The predicted octanol–water partition coefficient (Wildman–Crippen LogP) is 3.19. The van der Waals surface area contributed by atoms with Gasteiger partial charge in [0.1, 0.15) is 11.2 Å². The summed E-state index contributed by atoms with van der Waals surface area (Å²) in [6.45, 7) is 16.0. The number of carbonyl (C=O) groups is 3. The molecule has 2 amide bonds. The lowest BCUT2D eigenvalue weighted by molar-refractivity contribution is -0.151. The fraction of sp³-hybridized carbons (Fsp3) is 0.864. The molecule has 2 saturated heterocycles. The first-order valence-corrected chi connectivity index (χ1v) is 10.5. The van der Waals surface area contributed by atoms with Gasteiger partial charge in [0.2, 0.25) is 5.91 Å². The number of amides is 2. The Hall–Kier alpha value is -1.83. The van der Waals surface area contributed by atoms with E-state index in [1.54, 1.807) is 4.90 Å². The molecule has 0 spiro atoms. The minimum Gasteiger partial charge on any atom is -0.460 e. The summed E-state index contributed by atoms with van der Waals surface area (Å²) in [4.78, 5) is 38.3. The average Bonchev–Trinajstić information content (AvgIpc) is 2.95. The summed E-state index contributed by atoms with van der Waals surface area (Å²) in [5, 5.41) is 3.24. The van der Waals surface area contributed by atoms with E-state index in [1.807, 2.05) is 46.4 Å². The SMILES string of the molecule is C.CC(=O)OC(C)(C)C.CC(C)(C)OC(=O)N1CCCN(C(=O)C2CCCN2)CC1. The van der Waals surface area contributed by atoms with Crippen LogP contribution in [-0.2, 0) is 19.1 Å². The van der Waals surface area contributed by atoms with Gasteiger partial charge >= 0.3 is 12.1 Å². The van der Waals surface area contributed by atoms with Crippen LogP contribution in [0.15, 0.2) is 0 Å². The molecule has 2 fully saturated rings. The maximum absolute atomic E-state index is 12.4. The summed E-state index contributed by atoms with van der Waals surface area (Å²) in [7, 11) is 0. The van der Waals surface area contributed by atoms with Crippen LogP contribution in [-0.4, -0.2) is 77.7 Å². The minimum absolute atomic E-state index is 0. The maximum Gasteiger partial charge on any atom is 0.410 e. The topological polar surface area (TPSA) is 88.2 Å². The standard InChI is InChI=1S/C15H27N3O3.C6H12O2.CH4/c1-15(2,3)21-14(20)18-9-5-8-17(10-11-18)13(19)12-6-4-7-16-12;1-5(7)8-6(2,3)4;/h12,16H,4-11H2,1-3H3;1-4H3;1H4. The molecule has 0 aromatic carbocycles. The molecule has 30 heavy (non-hydrogen) atoms. The molecule has 0 aliphatic carbocycles. The van der Waals surface area contributed by atoms with Gasteiger partial charge in [-0.05, 0) is 67.3 Å². The summed E-state index contributed by atoms with van der Waals surface area (Å²) in [5.74, 6) is -0.0453. The van der Waals surface area contributed by atoms with Gasteiger partial charge in [-0.25, -0.2) is 4.79 Å². The maximum atomic E-state index is 12.4. The first-order valence-electron chi connectivity index (χ1n) is 10.5. The number of esters is 1. The first kappa shape index (κ1) is 28.2. The van der Waals surface area contributed by atoms with Crippen LogP contribution < -0.4 is 5.32 Å². The van der Waals surface area contributed by atoms with Crippen LogP contribution in [0.4, 0.5) is 4.79 Å². The molecular formula is C22H43N3O5. The van der Waals surface area contributed by atoms with Crippen LogP contribution in [0.1, 0.15) is 75.2 Å². The number of ether oxygens (including phenoxy) is 2. The van der Waals surface area contributed by atoms with Crippen LogP contribution in [0.2, 0.25) is 0 Å². The molecule has 1 atom stereocenters. The molecule has 2 heterocycles. The molecule has 0 aromatic rings. The van der Waals surface area contributed by atoms with E-state index < -0.39 is 5.60 Å². The molecule has 8 nitrogen and oxygen atoms in total. The third-order valence-corrected chi connectivity index (χ3v) is 4.27. The highest BCUT2D eigenvalue weighted by molar-refractivity contribution is 5.82. The lowest BCUT2D eigenvalue weighted by Gasteiger charge is -2.27. The molecule has 1 N–H and O–H groups in total. The van der Waals surface area contributed by atoms with Gasteiger partial charge in [-0.15, -0.1) is 0 Å². The average molecular weight is 430 g/mol. The lowest BCUT2D eigenvalue weighted by Crippen LogP contribution is -2.45. The smallest absolute Gasteiger partial charge is 0.410 e. The molecule has 2 rings (SSSR count).